The standard InChI is InChI=1S/C31H26ClN3O10/c1-35(2)7-4-8-45-33-11-12-9-14-17(30(43)34-12)27(40)22-13(23(14)32)5-6-31(22)28(41)20-21(29(31)42)26(39)19-18(25(20)38)15(36)10-16(44-3)24(19)37/h9-11,40-42H,4-8H2,1-3H3,(H,34,43)/t31-/m0/s1. The number of pyridine rings is 1. The fourth-order valence-corrected chi connectivity index (χ4v) is 6.81. The number of oxime groups is 1. The van der Waals surface area contributed by atoms with Crippen molar-refractivity contribution in [3.05, 3.63) is 106 Å². The topological polar surface area (TPSA) is 196 Å². The number of H-pyrrole nitrogens is 1. The quantitative estimate of drug-likeness (QED) is 0.116. The molecule has 14 heteroatoms. The summed E-state index contributed by atoms with van der Waals surface area (Å²) >= 11 is 6.78. The molecule has 1 spiro atoms. The highest BCUT2D eigenvalue weighted by molar-refractivity contribution is 6.37. The van der Waals surface area contributed by atoms with E-state index in [1.807, 2.05) is 19.0 Å². The zero-order chi connectivity index (χ0) is 32.5. The molecule has 1 aromatic carbocycles. The molecule has 6 rings (SSSR count). The Balaban J connectivity index is 1.58. The number of ether oxygens (including phenoxy) is 1. The SMILES string of the molecule is COc1cc(=O)c2c(=O)c3c(c(=O)c=2c1=O)=C(O)[C@]1(CCc2c1c(O)c1c(=O)[nH]c(C=NOCCCN(C)C)cc1c2Cl)C=3O. The van der Waals surface area contributed by atoms with Gasteiger partial charge in [0.1, 0.15) is 29.3 Å². The highest BCUT2D eigenvalue weighted by atomic mass is 35.5. The van der Waals surface area contributed by atoms with E-state index in [-0.39, 0.29) is 45.5 Å². The van der Waals surface area contributed by atoms with E-state index < -0.39 is 76.6 Å². The number of methoxy groups -OCH3 is 1. The lowest BCUT2D eigenvalue weighted by molar-refractivity contribution is 0.136. The van der Waals surface area contributed by atoms with E-state index in [1.165, 1.54) is 12.3 Å². The van der Waals surface area contributed by atoms with Gasteiger partial charge in [0.25, 0.3) is 5.56 Å². The van der Waals surface area contributed by atoms with Crippen LogP contribution in [-0.2, 0) is 16.7 Å². The third-order valence-corrected chi connectivity index (χ3v) is 8.92. The number of hydrogen-bond acceptors (Lipinski definition) is 12. The summed E-state index contributed by atoms with van der Waals surface area (Å²) in [5.74, 6) is -2.73. The van der Waals surface area contributed by atoms with E-state index in [0.717, 1.165) is 26.1 Å². The number of aromatic hydroxyl groups is 1. The van der Waals surface area contributed by atoms with E-state index in [1.54, 1.807) is 0 Å². The van der Waals surface area contributed by atoms with Gasteiger partial charge in [0, 0.05) is 23.6 Å². The molecular weight excluding hydrogens is 610 g/mol. The predicted octanol–water partition coefficient (Wildman–Crippen LogP) is -0.531. The highest BCUT2D eigenvalue weighted by Gasteiger charge is 2.53. The summed E-state index contributed by atoms with van der Waals surface area (Å²) in [6.45, 7) is 1.14. The molecule has 232 valence electrons. The number of benzene rings is 1. The van der Waals surface area contributed by atoms with Crippen LogP contribution in [-0.4, -0.2) is 65.8 Å². The summed E-state index contributed by atoms with van der Waals surface area (Å²) < 4.78 is 4.90. The fourth-order valence-electron chi connectivity index (χ4n) is 6.47. The predicted molar refractivity (Wildman–Crippen MR) is 165 cm³/mol. The molecule has 0 bridgehead atoms. The number of halogens is 1. The van der Waals surface area contributed by atoms with Crippen molar-refractivity contribution in [2.45, 2.75) is 24.7 Å². The lowest BCUT2D eigenvalue weighted by atomic mass is 9.78. The van der Waals surface area contributed by atoms with Crippen LogP contribution in [0.15, 0.2) is 41.3 Å². The van der Waals surface area contributed by atoms with E-state index in [0.29, 0.717) is 6.61 Å². The van der Waals surface area contributed by atoms with Crippen LogP contribution in [0.3, 0.4) is 0 Å². The maximum atomic E-state index is 13.6. The van der Waals surface area contributed by atoms with Crippen molar-refractivity contribution in [1.29, 1.82) is 0 Å². The van der Waals surface area contributed by atoms with Gasteiger partial charge in [-0.3, -0.25) is 24.0 Å². The zero-order valence-corrected chi connectivity index (χ0v) is 25.0. The van der Waals surface area contributed by atoms with Gasteiger partial charge in [-0.25, -0.2) is 0 Å². The highest BCUT2D eigenvalue weighted by Crippen LogP contribution is 2.56. The summed E-state index contributed by atoms with van der Waals surface area (Å²) in [6.07, 6.45) is 1.88. The molecule has 0 amide bonds. The van der Waals surface area contributed by atoms with E-state index in [9.17, 15) is 39.3 Å². The lowest BCUT2D eigenvalue weighted by Gasteiger charge is -2.27. The molecule has 4 aliphatic rings. The lowest BCUT2D eigenvalue weighted by Crippen LogP contribution is -2.51. The zero-order valence-electron chi connectivity index (χ0n) is 24.2. The minimum absolute atomic E-state index is 0.0298. The number of nitrogens with one attached hydrogen (secondary N) is 1. The fraction of sp³-hybridized carbons (Fsp3) is 0.290. The Morgan fingerprint density at radius 2 is 1.67 bits per heavy atom. The van der Waals surface area contributed by atoms with Crippen molar-refractivity contribution in [2.75, 3.05) is 34.4 Å². The normalized spacial score (nSPS) is 17.4. The summed E-state index contributed by atoms with van der Waals surface area (Å²) in [6, 6.07) is 2.25. The molecular formula is C31H26ClN3O10. The molecule has 0 radical (unpaired) electrons. The van der Waals surface area contributed by atoms with Crippen LogP contribution in [0.4, 0.5) is 0 Å². The van der Waals surface area contributed by atoms with Crippen molar-refractivity contribution in [2.24, 2.45) is 5.16 Å². The first kappa shape index (κ1) is 30.0. The second-order valence-corrected chi connectivity index (χ2v) is 11.6. The van der Waals surface area contributed by atoms with Gasteiger partial charge in [0.05, 0.1) is 50.3 Å². The Morgan fingerprint density at radius 1 is 1.00 bits per heavy atom. The molecule has 45 heavy (non-hydrogen) atoms. The minimum atomic E-state index is -2.06. The number of nitrogens with zero attached hydrogens (tertiary/aromatic N) is 2. The molecule has 2 aromatic rings. The van der Waals surface area contributed by atoms with Crippen LogP contribution in [0.25, 0.3) is 22.3 Å². The Morgan fingerprint density at radius 3 is 2.31 bits per heavy atom. The molecule has 1 atom stereocenters. The average molecular weight is 636 g/mol. The van der Waals surface area contributed by atoms with Gasteiger partial charge in [-0.15, -0.1) is 0 Å². The van der Waals surface area contributed by atoms with Crippen molar-refractivity contribution in [1.82, 2.24) is 9.88 Å². The minimum Gasteiger partial charge on any atom is -0.510 e. The first-order valence-electron chi connectivity index (χ1n) is 13.8. The van der Waals surface area contributed by atoms with E-state index >= 15 is 0 Å². The molecule has 4 aliphatic carbocycles. The van der Waals surface area contributed by atoms with Crippen LogP contribution in [0.2, 0.25) is 5.02 Å². The van der Waals surface area contributed by atoms with Gasteiger partial charge in [-0.1, -0.05) is 16.8 Å². The van der Waals surface area contributed by atoms with Crippen molar-refractivity contribution < 1.29 is 24.9 Å². The summed E-state index contributed by atoms with van der Waals surface area (Å²) in [4.78, 5) is 76.1. The van der Waals surface area contributed by atoms with Crippen molar-refractivity contribution in [3.63, 3.8) is 0 Å². The van der Waals surface area contributed by atoms with E-state index in [2.05, 4.69) is 10.1 Å². The molecule has 0 saturated carbocycles. The summed E-state index contributed by atoms with van der Waals surface area (Å²) in [5.41, 5.74) is -6.84. The van der Waals surface area contributed by atoms with E-state index in [4.69, 9.17) is 21.2 Å². The maximum Gasteiger partial charge on any atom is 0.260 e. The second-order valence-electron chi connectivity index (χ2n) is 11.3. The van der Waals surface area contributed by atoms with Crippen molar-refractivity contribution in [3.8, 4) is 11.5 Å². The number of rotatable bonds is 7. The number of hydrogen-bond donors (Lipinski definition) is 4. The average Bonchev–Trinajstić information content (AvgIpc) is 3.50. The Bertz CT molecular complexity index is 2460. The molecule has 0 unspecified atom stereocenters. The van der Waals surface area contributed by atoms with Crippen LogP contribution >= 0.6 is 11.6 Å². The molecule has 0 fully saturated rings. The molecule has 0 saturated heterocycles. The molecule has 13 nitrogen and oxygen atoms in total. The van der Waals surface area contributed by atoms with Gasteiger partial charge in [0.15, 0.2) is 11.2 Å². The molecule has 1 aromatic heterocycles. The number of phenolic OH excluding ortho intramolecular Hbond substituents is 1. The Hall–Kier alpha value is -5.01. The summed E-state index contributed by atoms with van der Waals surface area (Å²) in [5, 5.41) is 35.6. The number of aliphatic hydroxyl groups is 2. The molecule has 1 heterocycles. The van der Waals surface area contributed by atoms with Crippen molar-refractivity contribution >= 4 is 40.1 Å². The molecule has 4 N–H and O–H groups in total. The van der Waals surface area contributed by atoms with Gasteiger partial charge >= 0.3 is 0 Å². The number of aromatic amines is 1. The summed E-state index contributed by atoms with van der Waals surface area (Å²) in [7, 11) is 4.97. The monoisotopic (exact) mass is 635 g/mol. The number of aliphatic hydroxyl groups excluding tert-OH is 2. The Labute approximate surface area is 256 Å². The molecule has 0 aliphatic heterocycles. The second kappa shape index (κ2) is 10.6. The van der Waals surface area contributed by atoms with Gasteiger partial charge < -0.3 is 34.8 Å². The smallest absolute Gasteiger partial charge is 0.260 e. The van der Waals surface area contributed by atoms with Crippen LogP contribution < -0.4 is 42.4 Å². The third-order valence-electron chi connectivity index (χ3n) is 8.48. The first-order valence-corrected chi connectivity index (χ1v) is 14.2. The number of fused-ring (bicyclic) bond motifs is 4. The van der Waals surface area contributed by atoms with Crippen LogP contribution in [0, 0.1) is 10.4 Å². The van der Waals surface area contributed by atoms with Gasteiger partial charge in [-0.05, 0) is 45.0 Å². The third kappa shape index (κ3) is 4.11. The maximum absolute atomic E-state index is 13.6. The van der Waals surface area contributed by atoms with Crippen LogP contribution in [0.1, 0.15) is 29.7 Å². The number of aromatic nitrogens is 1. The Kier molecular flexibility index (Phi) is 7.05. The number of phenols is 1. The van der Waals surface area contributed by atoms with Gasteiger partial charge in [-0.2, -0.15) is 0 Å². The first-order chi connectivity index (χ1) is 21.4. The largest absolute Gasteiger partial charge is 0.510 e. The van der Waals surface area contributed by atoms with Gasteiger partial charge in [0.2, 0.25) is 16.3 Å². The van der Waals surface area contributed by atoms with Crippen LogP contribution in [0.5, 0.6) is 11.5 Å².